The van der Waals surface area contributed by atoms with E-state index in [4.69, 9.17) is 0 Å². The molecule has 0 aliphatic rings. The van der Waals surface area contributed by atoms with Crippen molar-refractivity contribution >= 4 is 12.4 Å². The van der Waals surface area contributed by atoms with Gasteiger partial charge in [-0.25, -0.2) is 0 Å². The van der Waals surface area contributed by atoms with Crippen molar-refractivity contribution in [2.75, 3.05) is 19.6 Å². The van der Waals surface area contributed by atoms with Gasteiger partial charge in [-0.1, -0.05) is 81.4 Å². The van der Waals surface area contributed by atoms with Gasteiger partial charge in [0, 0.05) is 12.5 Å². The Morgan fingerprint density at radius 3 is 1.60 bits per heavy atom. The Kier molecular flexibility index (Phi) is 9.20. The van der Waals surface area contributed by atoms with Gasteiger partial charge >= 0.3 is 0 Å². The van der Waals surface area contributed by atoms with E-state index in [1.807, 2.05) is 60.7 Å². The molecule has 1 atom stereocenters. The molecule has 0 radical (unpaired) electrons. The van der Waals surface area contributed by atoms with Crippen molar-refractivity contribution in [1.29, 1.82) is 0 Å². The molecule has 0 aliphatic heterocycles. The largest absolute Gasteiger partial charge is 0.380 e. The van der Waals surface area contributed by atoms with Crippen LogP contribution in [0.25, 0.3) is 0 Å². The van der Waals surface area contributed by atoms with Crippen molar-refractivity contribution in [3.8, 4) is 0 Å². The van der Waals surface area contributed by atoms with Crippen LogP contribution in [-0.2, 0) is 5.60 Å². The molecule has 0 heterocycles. The van der Waals surface area contributed by atoms with Gasteiger partial charge in [-0.15, -0.1) is 12.4 Å². The molecule has 0 fully saturated rings. The summed E-state index contributed by atoms with van der Waals surface area (Å²) < 4.78 is 0. The van der Waals surface area contributed by atoms with E-state index >= 15 is 0 Å². The SMILES string of the molecule is CCCN(CCC)CC(C)C(O)(c1ccccc1)c1ccccc1.Cl. The van der Waals surface area contributed by atoms with Crippen molar-refractivity contribution in [3.63, 3.8) is 0 Å². The van der Waals surface area contributed by atoms with Crippen LogP contribution in [0.5, 0.6) is 0 Å². The van der Waals surface area contributed by atoms with E-state index in [-0.39, 0.29) is 18.3 Å². The Morgan fingerprint density at radius 1 is 0.840 bits per heavy atom. The molecular weight excluding hydrogens is 330 g/mol. The molecule has 2 aromatic carbocycles. The zero-order valence-corrected chi connectivity index (χ0v) is 16.5. The highest BCUT2D eigenvalue weighted by atomic mass is 35.5. The van der Waals surface area contributed by atoms with E-state index < -0.39 is 5.60 Å². The van der Waals surface area contributed by atoms with Crippen LogP contribution in [-0.4, -0.2) is 29.6 Å². The topological polar surface area (TPSA) is 23.5 Å². The van der Waals surface area contributed by atoms with Gasteiger partial charge in [0.2, 0.25) is 0 Å². The van der Waals surface area contributed by atoms with Crippen LogP contribution in [0.1, 0.15) is 44.7 Å². The third-order valence-corrected chi connectivity index (χ3v) is 4.75. The minimum atomic E-state index is -0.970. The zero-order chi connectivity index (χ0) is 17.4. The fraction of sp³-hybridized carbons (Fsp3) is 0.455. The molecule has 2 aromatic rings. The number of aliphatic hydroxyl groups is 1. The fourth-order valence-electron chi connectivity index (χ4n) is 3.57. The molecule has 0 aromatic heterocycles. The molecular formula is C22H32ClNO. The van der Waals surface area contributed by atoms with Gasteiger partial charge in [-0.05, 0) is 37.1 Å². The molecule has 2 nitrogen and oxygen atoms in total. The lowest BCUT2D eigenvalue weighted by Gasteiger charge is -2.38. The lowest BCUT2D eigenvalue weighted by atomic mass is 9.76. The summed E-state index contributed by atoms with van der Waals surface area (Å²) in [6.45, 7) is 9.65. The lowest BCUT2D eigenvalue weighted by molar-refractivity contribution is 0.00732. The van der Waals surface area contributed by atoms with E-state index in [2.05, 4.69) is 25.7 Å². The summed E-state index contributed by atoms with van der Waals surface area (Å²) in [6.07, 6.45) is 2.28. The van der Waals surface area contributed by atoms with Crippen molar-refractivity contribution in [1.82, 2.24) is 4.90 Å². The van der Waals surface area contributed by atoms with Crippen molar-refractivity contribution in [2.45, 2.75) is 39.2 Å². The molecule has 0 saturated carbocycles. The predicted molar refractivity (Wildman–Crippen MR) is 109 cm³/mol. The normalized spacial score (nSPS) is 12.7. The number of nitrogens with zero attached hydrogens (tertiary/aromatic N) is 1. The van der Waals surface area contributed by atoms with Crippen LogP contribution < -0.4 is 0 Å². The van der Waals surface area contributed by atoms with Crippen LogP contribution >= 0.6 is 12.4 Å². The Bertz CT molecular complexity index is 542. The van der Waals surface area contributed by atoms with Crippen LogP contribution in [0.2, 0.25) is 0 Å². The molecule has 3 heteroatoms. The molecule has 25 heavy (non-hydrogen) atoms. The number of benzene rings is 2. The molecule has 0 bridgehead atoms. The van der Waals surface area contributed by atoms with Crippen LogP contribution in [0.4, 0.5) is 0 Å². The highest BCUT2D eigenvalue weighted by Crippen LogP contribution is 2.37. The highest BCUT2D eigenvalue weighted by Gasteiger charge is 2.38. The molecule has 0 aliphatic carbocycles. The second-order valence-electron chi connectivity index (χ2n) is 6.70. The van der Waals surface area contributed by atoms with Gasteiger partial charge in [0.15, 0.2) is 0 Å². The second kappa shape index (κ2) is 10.6. The summed E-state index contributed by atoms with van der Waals surface area (Å²) in [5.41, 5.74) is 0.968. The van der Waals surface area contributed by atoms with E-state index in [1.165, 1.54) is 0 Å². The minimum Gasteiger partial charge on any atom is -0.380 e. The standard InChI is InChI=1S/C22H31NO.ClH/c1-4-16-23(17-5-2)18-19(3)22(24,20-12-8-6-9-13-20)21-14-10-7-11-15-21;/h6-15,19,24H,4-5,16-18H2,1-3H3;1H. The van der Waals surface area contributed by atoms with E-state index in [1.54, 1.807) is 0 Å². The molecule has 0 amide bonds. The predicted octanol–water partition coefficient (Wildman–Crippen LogP) is 5.10. The first-order chi connectivity index (χ1) is 11.6. The molecule has 1 unspecified atom stereocenters. The summed E-state index contributed by atoms with van der Waals surface area (Å²) in [7, 11) is 0. The first-order valence-corrected chi connectivity index (χ1v) is 9.18. The third-order valence-electron chi connectivity index (χ3n) is 4.75. The monoisotopic (exact) mass is 361 g/mol. The van der Waals surface area contributed by atoms with Crippen LogP contribution in [0, 0.1) is 5.92 Å². The van der Waals surface area contributed by atoms with E-state index in [9.17, 15) is 5.11 Å². The molecule has 138 valence electrons. The lowest BCUT2D eigenvalue weighted by Crippen LogP contribution is -2.42. The fourth-order valence-corrected chi connectivity index (χ4v) is 3.57. The van der Waals surface area contributed by atoms with Crippen molar-refractivity contribution in [2.24, 2.45) is 5.92 Å². The summed E-state index contributed by atoms with van der Waals surface area (Å²) in [6, 6.07) is 20.2. The summed E-state index contributed by atoms with van der Waals surface area (Å²) in [5, 5.41) is 11.8. The minimum absolute atomic E-state index is 0. The van der Waals surface area contributed by atoms with Crippen molar-refractivity contribution in [3.05, 3.63) is 71.8 Å². The summed E-state index contributed by atoms with van der Waals surface area (Å²) >= 11 is 0. The van der Waals surface area contributed by atoms with Gasteiger partial charge in [-0.3, -0.25) is 0 Å². The number of hydrogen-bond acceptors (Lipinski definition) is 2. The van der Waals surface area contributed by atoms with Gasteiger partial charge in [-0.2, -0.15) is 0 Å². The van der Waals surface area contributed by atoms with Gasteiger partial charge < -0.3 is 10.0 Å². The van der Waals surface area contributed by atoms with E-state index in [0.29, 0.717) is 0 Å². The number of halogens is 1. The first-order valence-electron chi connectivity index (χ1n) is 9.18. The van der Waals surface area contributed by atoms with Crippen LogP contribution in [0.3, 0.4) is 0 Å². The van der Waals surface area contributed by atoms with Gasteiger partial charge in [0.1, 0.15) is 5.60 Å². The maximum Gasteiger partial charge on any atom is 0.118 e. The van der Waals surface area contributed by atoms with E-state index in [0.717, 1.165) is 43.6 Å². The average Bonchev–Trinajstić information content (AvgIpc) is 2.63. The quantitative estimate of drug-likeness (QED) is 0.671. The smallest absolute Gasteiger partial charge is 0.118 e. The van der Waals surface area contributed by atoms with Gasteiger partial charge in [0.05, 0.1) is 0 Å². The summed E-state index contributed by atoms with van der Waals surface area (Å²) in [4.78, 5) is 2.47. The Labute approximate surface area is 159 Å². The molecule has 0 saturated heterocycles. The second-order valence-corrected chi connectivity index (χ2v) is 6.70. The molecule has 2 rings (SSSR count). The van der Waals surface area contributed by atoms with Crippen LogP contribution in [0.15, 0.2) is 60.7 Å². The number of hydrogen-bond donors (Lipinski definition) is 1. The zero-order valence-electron chi connectivity index (χ0n) is 15.7. The molecule has 1 N–H and O–H groups in total. The van der Waals surface area contributed by atoms with Crippen molar-refractivity contribution < 1.29 is 5.11 Å². The molecule has 0 spiro atoms. The maximum absolute atomic E-state index is 11.8. The third kappa shape index (κ3) is 5.31. The summed E-state index contributed by atoms with van der Waals surface area (Å²) in [5.74, 6) is 0.0976. The Hall–Kier alpha value is -1.35. The Morgan fingerprint density at radius 2 is 1.24 bits per heavy atom. The average molecular weight is 362 g/mol. The maximum atomic E-state index is 11.8. The first kappa shape index (κ1) is 21.7. The van der Waals surface area contributed by atoms with Gasteiger partial charge in [0.25, 0.3) is 0 Å². The number of rotatable bonds is 9. The highest BCUT2D eigenvalue weighted by molar-refractivity contribution is 5.85. The Balaban J connectivity index is 0.00000312.